The van der Waals surface area contributed by atoms with Gasteiger partial charge >= 0.3 is 0 Å². The van der Waals surface area contributed by atoms with Gasteiger partial charge in [0.05, 0.1) is 11.4 Å². The van der Waals surface area contributed by atoms with Crippen molar-refractivity contribution in [3.8, 4) is 56.2 Å². The molecule has 0 saturated carbocycles. The van der Waals surface area contributed by atoms with Crippen LogP contribution in [-0.4, -0.2) is 9.97 Å². The molecule has 0 bridgehead atoms. The Balaban J connectivity index is 1.26. The minimum absolute atomic E-state index is 0.704. The maximum Gasteiger partial charge on any atom is 0.160 e. The minimum Gasteiger partial charge on any atom is -0.228 e. The summed E-state index contributed by atoms with van der Waals surface area (Å²) in [5.74, 6) is 0.704. The molecular weight excluding hydrogens is 629 g/mol. The third-order valence-corrected chi connectivity index (χ3v) is 10.3. The molecule has 10 aromatic rings. The standard InChI is InChI=1S/C50H32N2/c1-3-16-37(17-4-1)47-42-23-11-12-24-43(42)49(48-41-22-10-8-15-34(41)30-31-44(47)48)46-32-45(51-50(52-46)38-18-5-2-6-19-38)36-28-26-35(27-29-36)40-25-13-20-33-14-7-9-21-39(33)40/h1-32H. The molecule has 10 rings (SSSR count). The van der Waals surface area contributed by atoms with Crippen LogP contribution in [0.4, 0.5) is 0 Å². The first kappa shape index (κ1) is 30.0. The predicted molar refractivity (Wildman–Crippen MR) is 219 cm³/mol. The van der Waals surface area contributed by atoms with Gasteiger partial charge in [0.1, 0.15) is 0 Å². The highest BCUT2D eigenvalue weighted by molar-refractivity contribution is 6.27. The lowest BCUT2D eigenvalue weighted by Crippen LogP contribution is -1.98. The average molecular weight is 661 g/mol. The summed E-state index contributed by atoms with van der Waals surface area (Å²) in [5, 5.41) is 9.67. The molecule has 0 saturated heterocycles. The molecule has 0 aliphatic carbocycles. The van der Waals surface area contributed by atoms with Gasteiger partial charge in [0.2, 0.25) is 0 Å². The van der Waals surface area contributed by atoms with Crippen LogP contribution >= 0.6 is 0 Å². The Labute approximate surface area is 302 Å². The molecule has 0 radical (unpaired) electrons. The number of rotatable bonds is 5. The second-order valence-corrected chi connectivity index (χ2v) is 13.3. The molecule has 0 spiro atoms. The zero-order chi connectivity index (χ0) is 34.4. The smallest absolute Gasteiger partial charge is 0.160 e. The molecule has 9 aromatic carbocycles. The second kappa shape index (κ2) is 12.5. The summed E-state index contributed by atoms with van der Waals surface area (Å²) in [5.41, 5.74) is 9.78. The van der Waals surface area contributed by atoms with Gasteiger partial charge in [-0.25, -0.2) is 9.97 Å². The summed E-state index contributed by atoms with van der Waals surface area (Å²) >= 11 is 0. The SMILES string of the molecule is c1ccc(-c2nc(-c3ccc(-c4cccc5ccccc45)cc3)cc(-c3c4ccccc4c(-c4ccccc4)c4ccc5ccccc5c34)n2)cc1. The highest BCUT2D eigenvalue weighted by Crippen LogP contribution is 2.46. The van der Waals surface area contributed by atoms with Crippen molar-refractivity contribution in [2.75, 3.05) is 0 Å². The van der Waals surface area contributed by atoms with Gasteiger partial charge in [-0.3, -0.25) is 0 Å². The molecule has 52 heavy (non-hydrogen) atoms. The van der Waals surface area contributed by atoms with Gasteiger partial charge in [-0.05, 0) is 66.0 Å². The van der Waals surface area contributed by atoms with Crippen molar-refractivity contribution in [3.63, 3.8) is 0 Å². The Bertz CT molecular complexity index is 2920. The molecule has 0 unspecified atom stereocenters. The van der Waals surface area contributed by atoms with Crippen molar-refractivity contribution >= 4 is 43.1 Å². The van der Waals surface area contributed by atoms with E-state index >= 15 is 0 Å². The van der Waals surface area contributed by atoms with Crippen molar-refractivity contribution in [2.45, 2.75) is 0 Å². The van der Waals surface area contributed by atoms with Crippen LogP contribution in [0.25, 0.3) is 99.2 Å². The first-order valence-corrected chi connectivity index (χ1v) is 17.8. The zero-order valence-corrected chi connectivity index (χ0v) is 28.4. The number of fused-ring (bicyclic) bond motifs is 5. The number of nitrogens with zero attached hydrogens (tertiary/aromatic N) is 2. The largest absolute Gasteiger partial charge is 0.228 e. The lowest BCUT2D eigenvalue weighted by molar-refractivity contribution is 1.19. The summed E-state index contributed by atoms with van der Waals surface area (Å²) in [6.07, 6.45) is 0. The van der Waals surface area contributed by atoms with E-state index in [9.17, 15) is 0 Å². The maximum atomic E-state index is 5.40. The molecule has 2 heteroatoms. The predicted octanol–water partition coefficient (Wildman–Crippen LogP) is 13.4. The average Bonchev–Trinajstić information content (AvgIpc) is 3.23. The van der Waals surface area contributed by atoms with Gasteiger partial charge in [0.15, 0.2) is 5.82 Å². The first-order chi connectivity index (χ1) is 25.8. The molecule has 0 atom stereocenters. The van der Waals surface area contributed by atoms with Crippen molar-refractivity contribution in [1.82, 2.24) is 9.97 Å². The second-order valence-electron chi connectivity index (χ2n) is 13.3. The maximum absolute atomic E-state index is 5.40. The highest BCUT2D eigenvalue weighted by Gasteiger charge is 2.21. The van der Waals surface area contributed by atoms with Gasteiger partial charge in [-0.15, -0.1) is 0 Å². The van der Waals surface area contributed by atoms with Crippen LogP contribution in [0.5, 0.6) is 0 Å². The molecule has 0 aliphatic heterocycles. The molecule has 1 aromatic heterocycles. The van der Waals surface area contributed by atoms with E-state index in [0.717, 1.165) is 28.1 Å². The van der Waals surface area contributed by atoms with E-state index in [4.69, 9.17) is 9.97 Å². The van der Waals surface area contributed by atoms with E-state index in [2.05, 4.69) is 188 Å². The van der Waals surface area contributed by atoms with Crippen molar-refractivity contribution in [2.24, 2.45) is 0 Å². The number of benzene rings is 9. The fraction of sp³-hybridized carbons (Fsp3) is 0. The Hall–Kier alpha value is -6.90. The quantitative estimate of drug-likeness (QED) is 0.136. The monoisotopic (exact) mass is 660 g/mol. The highest BCUT2D eigenvalue weighted by atomic mass is 14.9. The molecule has 1 heterocycles. The van der Waals surface area contributed by atoms with E-state index in [-0.39, 0.29) is 0 Å². The van der Waals surface area contributed by atoms with Crippen LogP contribution in [0.15, 0.2) is 194 Å². The van der Waals surface area contributed by atoms with Crippen LogP contribution in [0.2, 0.25) is 0 Å². The molecule has 0 fully saturated rings. The van der Waals surface area contributed by atoms with Crippen LogP contribution < -0.4 is 0 Å². The van der Waals surface area contributed by atoms with Crippen molar-refractivity contribution in [1.29, 1.82) is 0 Å². The molecular formula is C50H32N2. The van der Waals surface area contributed by atoms with E-state index in [1.54, 1.807) is 0 Å². The number of hydrogen-bond acceptors (Lipinski definition) is 2. The normalized spacial score (nSPS) is 11.5. The van der Waals surface area contributed by atoms with Crippen LogP contribution in [-0.2, 0) is 0 Å². The zero-order valence-electron chi connectivity index (χ0n) is 28.4. The minimum atomic E-state index is 0.704. The molecule has 2 nitrogen and oxygen atoms in total. The van der Waals surface area contributed by atoms with E-state index in [1.807, 2.05) is 6.07 Å². The summed E-state index contributed by atoms with van der Waals surface area (Å²) in [6, 6.07) is 69.2. The third kappa shape index (κ3) is 5.04. The van der Waals surface area contributed by atoms with Gasteiger partial charge in [-0.1, -0.05) is 188 Å². The summed E-state index contributed by atoms with van der Waals surface area (Å²) in [7, 11) is 0. The Morgan fingerprint density at radius 3 is 1.56 bits per heavy atom. The third-order valence-electron chi connectivity index (χ3n) is 10.3. The topological polar surface area (TPSA) is 25.8 Å². The number of aromatic nitrogens is 2. The van der Waals surface area contributed by atoms with Crippen LogP contribution in [0.3, 0.4) is 0 Å². The summed E-state index contributed by atoms with van der Waals surface area (Å²) < 4.78 is 0. The molecule has 242 valence electrons. The van der Waals surface area contributed by atoms with Gasteiger partial charge < -0.3 is 0 Å². The number of hydrogen-bond donors (Lipinski definition) is 0. The summed E-state index contributed by atoms with van der Waals surface area (Å²) in [4.78, 5) is 10.6. The van der Waals surface area contributed by atoms with Crippen LogP contribution in [0.1, 0.15) is 0 Å². The van der Waals surface area contributed by atoms with Crippen LogP contribution in [0, 0.1) is 0 Å². The van der Waals surface area contributed by atoms with Gasteiger partial charge in [0.25, 0.3) is 0 Å². The Morgan fingerprint density at radius 1 is 0.288 bits per heavy atom. The van der Waals surface area contributed by atoms with E-state index in [0.29, 0.717) is 5.82 Å². The van der Waals surface area contributed by atoms with E-state index in [1.165, 1.54) is 65.3 Å². The molecule has 0 aliphatic rings. The fourth-order valence-electron chi connectivity index (χ4n) is 7.87. The lowest BCUT2D eigenvalue weighted by atomic mass is 9.85. The molecule has 0 N–H and O–H groups in total. The van der Waals surface area contributed by atoms with E-state index < -0.39 is 0 Å². The lowest BCUT2D eigenvalue weighted by Gasteiger charge is -2.19. The fourth-order valence-corrected chi connectivity index (χ4v) is 7.87. The van der Waals surface area contributed by atoms with Gasteiger partial charge in [0, 0.05) is 22.1 Å². The Morgan fingerprint density at radius 2 is 0.827 bits per heavy atom. The van der Waals surface area contributed by atoms with Gasteiger partial charge in [-0.2, -0.15) is 0 Å². The van der Waals surface area contributed by atoms with Crippen molar-refractivity contribution < 1.29 is 0 Å². The summed E-state index contributed by atoms with van der Waals surface area (Å²) in [6.45, 7) is 0. The first-order valence-electron chi connectivity index (χ1n) is 17.8. The van der Waals surface area contributed by atoms with Crippen molar-refractivity contribution in [3.05, 3.63) is 194 Å². The Kier molecular flexibility index (Phi) is 7.18. The molecule has 0 amide bonds.